The third-order valence-corrected chi connectivity index (χ3v) is 3.69. The number of carbonyl (C=O) groups excluding carboxylic acids is 1. The number of hydrogen-bond donors (Lipinski definition) is 1. The average Bonchev–Trinajstić information content (AvgIpc) is 2.56. The molecule has 116 valence electrons. The lowest BCUT2D eigenvalue weighted by Crippen LogP contribution is -2.37. The second-order valence-corrected chi connectivity index (χ2v) is 5.37. The van der Waals surface area contributed by atoms with Gasteiger partial charge in [0.1, 0.15) is 0 Å². The van der Waals surface area contributed by atoms with Gasteiger partial charge in [0.05, 0.1) is 6.42 Å². The molecular weight excluding hydrogens is 272 g/mol. The van der Waals surface area contributed by atoms with E-state index in [-0.39, 0.29) is 5.91 Å². The van der Waals surface area contributed by atoms with E-state index >= 15 is 0 Å². The molecule has 0 aliphatic rings. The van der Waals surface area contributed by atoms with E-state index in [2.05, 4.69) is 25.1 Å². The van der Waals surface area contributed by atoms with E-state index in [1.807, 2.05) is 41.3 Å². The molecule has 0 bridgehead atoms. The lowest BCUT2D eigenvalue weighted by Gasteiger charge is -2.22. The Morgan fingerprint density at radius 2 is 1.68 bits per heavy atom. The Kier molecular flexibility index (Phi) is 6.16. The number of amides is 1. The highest BCUT2D eigenvalue weighted by molar-refractivity contribution is 5.82. The molecule has 0 fully saturated rings. The predicted molar refractivity (Wildman–Crippen MR) is 91.5 cm³/mol. The normalized spacial score (nSPS) is 10.5. The highest BCUT2D eigenvalue weighted by Crippen LogP contribution is 2.24. The van der Waals surface area contributed by atoms with E-state index in [4.69, 9.17) is 5.73 Å². The van der Waals surface area contributed by atoms with Crippen molar-refractivity contribution in [2.24, 2.45) is 5.73 Å². The van der Waals surface area contributed by atoms with Crippen LogP contribution in [0.1, 0.15) is 18.9 Å². The van der Waals surface area contributed by atoms with Crippen molar-refractivity contribution in [2.45, 2.75) is 19.8 Å². The minimum absolute atomic E-state index is 0.149. The molecule has 0 aliphatic heterocycles. The van der Waals surface area contributed by atoms with Gasteiger partial charge >= 0.3 is 0 Å². The molecule has 0 heterocycles. The van der Waals surface area contributed by atoms with Gasteiger partial charge in [0, 0.05) is 19.6 Å². The van der Waals surface area contributed by atoms with Crippen LogP contribution in [0, 0.1) is 0 Å². The van der Waals surface area contributed by atoms with Crippen LogP contribution in [0.25, 0.3) is 11.1 Å². The topological polar surface area (TPSA) is 46.3 Å². The van der Waals surface area contributed by atoms with E-state index in [1.54, 1.807) is 0 Å². The predicted octanol–water partition coefficient (Wildman–Crippen LogP) is 3.09. The second kappa shape index (κ2) is 8.35. The molecular formula is C19H24N2O. The molecule has 0 saturated heterocycles. The van der Waals surface area contributed by atoms with Crippen LogP contribution in [0.3, 0.4) is 0 Å². The number of hydrogen-bond acceptors (Lipinski definition) is 2. The Labute approximate surface area is 132 Å². The first-order chi connectivity index (χ1) is 10.8. The highest BCUT2D eigenvalue weighted by Gasteiger charge is 2.14. The van der Waals surface area contributed by atoms with Gasteiger partial charge in [0.2, 0.25) is 5.91 Å². The zero-order chi connectivity index (χ0) is 15.8. The van der Waals surface area contributed by atoms with Gasteiger partial charge < -0.3 is 10.6 Å². The number of carbonyl (C=O) groups is 1. The molecule has 2 N–H and O–H groups in total. The Morgan fingerprint density at radius 3 is 2.36 bits per heavy atom. The van der Waals surface area contributed by atoms with Crippen molar-refractivity contribution >= 4 is 5.91 Å². The first-order valence-electron chi connectivity index (χ1n) is 7.87. The molecule has 0 atom stereocenters. The summed E-state index contributed by atoms with van der Waals surface area (Å²) in [7, 11) is 0. The van der Waals surface area contributed by atoms with E-state index < -0.39 is 0 Å². The first-order valence-corrected chi connectivity index (χ1v) is 7.87. The summed E-state index contributed by atoms with van der Waals surface area (Å²) in [6.45, 7) is 3.98. The van der Waals surface area contributed by atoms with Gasteiger partial charge in [0.25, 0.3) is 0 Å². The first kappa shape index (κ1) is 16.2. The molecule has 0 radical (unpaired) electrons. The van der Waals surface area contributed by atoms with Gasteiger partial charge in [-0.2, -0.15) is 0 Å². The molecule has 2 rings (SSSR count). The van der Waals surface area contributed by atoms with Crippen molar-refractivity contribution in [1.82, 2.24) is 4.90 Å². The number of nitrogens with two attached hydrogens (primary N) is 1. The second-order valence-electron chi connectivity index (χ2n) is 5.37. The molecule has 1 amide bonds. The van der Waals surface area contributed by atoms with Crippen LogP contribution in [0.4, 0.5) is 0 Å². The number of rotatable bonds is 7. The number of benzene rings is 2. The Hall–Kier alpha value is -2.13. The van der Waals surface area contributed by atoms with E-state index in [0.717, 1.165) is 29.7 Å². The Balaban J connectivity index is 2.21. The smallest absolute Gasteiger partial charge is 0.227 e. The van der Waals surface area contributed by atoms with Crippen LogP contribution in [0.15, 0.2) is 54.6 Å². The van der Waals surface area contributed by atoms with Crippen LogP contribution in [0.2, 0.25) is 0 Å². The lowest BCUT2D eigenvalue weighted by atomic mass is 9.97. The summed E-state index contributed by atoms with van der Waals surface area (Å²) in [5.74, 6) is 0.149. The van der Waals surface area contributed by atoms with Crippen molar-refractivity contribution < 1.29 is 4.79 Å². The maximum Gasteiger partial charge on any atom is 0.227 e. The summed E-state index contributed by atoms with van der Waals surface area (Å²) < 4.78 is 0. The molecule has 3 heteroatoms. The van der Waals surface area contributed by atoms with E-state index in [9.17, 15) is 4.79 Å². The van der Waals surface area contributed by atoms with Gasteiger partial charge in [-0.1, -0.05) is 61.5 Å². The summed E-state index contributed by atoms with van der Waals surface area (Å²) in [4.78, 5) is 14.4. The lowest BCUT2D eigenvalue weighted by molar-refractivity contribution is -0.130. The van der Waals surface area contributed by atoms with E-state index in [0.29, 0.717) is 19.5 Å². The summed E-state index contributed by atoms with van der Waals surface area (Å²) in [5, 5.41) is 0. The molecule has 0 aliphatic carbocycles. The fraction of sp³-hybridized carbons (Fsp3) is 0.316. The monoisotopic (exact) mass is 296 g/mol. The molecule has 22 heavy (non-hydrogen) atoms. The maximum absolute atomic E-state index is 12.5. The fourth-order valence-corrected chi connectivity index (χ4v) is 2.64. The summed E-state index contributed by atoms with van der Waals surface area (Å²) >= 11 is 0. The number of nitrogens with zero attached hydrogens (tertiary/aromatic N) is 1. The van der Waals surface area contributed by atoms with Crippen molar-refractivity contribution in [3.05, 3.63) is 60.2 Å². The molecule has 0 aromatic heterocycles. The largest absolute Gasteiger partial charge is 0.341 e. The zero-order valence-corrected chi connectivity index (χ0v) is 13.2. The van der Waals surface area contributed by atoms with Crippen LogP contribution in [-0.4, -0.2) is 30.4 Å². The van der Waals surface area contributed by atoms with Gasteiger partial charge in [-0.3, -0.25) is 4.79 Å². The zero-order valence-electron chi connectivity index (χ0n) is 13.2. The fourth-order valence-electron chi connectivity index (χ4n) is 2.64. The minimum atomic E-state index is 0.149. The summed E-state index contributed by atoms with van der Waals surface area (Å²) in [6, 6.07) is 18.3. The van der Waals surface area contributed by atoms with Crippen molar-refractivity contribution in [2.75, 3.05) is 19.6 Å². The van der Waals surface area contributed by atoms with Crippen LogP contribution < -0.4 is 5.73 Å². The van der Waals surface area contributed by atoms with Crippen molar-refractivity contribution in [3.8, 4) is 11.1 Å². The van der Waals surface area contributed by atoms with Gasteiger partial charge in [0.15, 0.2) is 0 Å². The molecule has 2 aromatic carbocycles. The third kappa shape index (κ3) is 4.18. The van der Waals surface area contributed by atoms with Crippen LogP contribution in [-0.2, 0) is 11.2 Å². The molecule has 0 spiro atoms. The van der Waals surface area contributed by atoms with Crippen molar-refractivity contribution in [1.29, 1.82) is 0 Å². The van der Waals surface area contributed by atoms with Crippen LogP contribution in [0.5, 0.6) is 0 Å². The SMILES string of the molecule is CCCN(CCN)C(=O)Cc1ccccc1-c1ccccc1. The van der Waals surface area contributed by atoms with Gasteiger partial charge in [-0.25, -0.2) is 0 Å². The van der Waals surface area contributed by atoms with E-state index in [1.165, 1.54) is 0 Å². The molecule has 2 aromatic rings. The standard InChI is InChI=1S/C19H24N2O/c1-2-13-21(14-12-20)19(22)15-17-10-6-7-11-18(17)16-8-4-3-5-9-16/h3-11H,2,12-15,20H2,1H3. The molecule has 0 saturated carbocycles. The average molecular weight is 296 g/mol. The Bertz CT molecular complexity index is 589. The van der Waals surface area contributed by atoms with Crippen molar-refractivity contribution in [3.63, 3.8) is 0 Å². The highest BCUT2D eigenvalue weighted by atomic mass is 16.2. The van der Waals surface area contributed by atoms with Gasteiger partial charge in [-0.05, 0) is 23.1 Å². The quantitative estimate of drug-likeness (QED) is 0.853. The summed E-state index contributed by atoms with van der Waals surface area (Å²) in [5.41, 5.74) is 8.96. The van der Waals surface area contributed by atoms with Crippen LogP contribution >= 0.6 is 0 Å². The third-order valence-electron chi connectivity index (χ3n) is 3.69. The van der Waals surface area contributed by atoms with Gasteiger partial charge in [-0.15, -0.1) is 0 Å². The molecule has 3 nitrogen and oxygen atoms in total. The Morgan fingerprint density at radius 1 is 1.00 bits per heavy atom. The maximum atomic E-state index is 12.5. The summed E-state index contributed by atoms with van der Waals surface area (Å²) in [6.07, 6.45) is 1.37. The minimum Gasteiger partial charge on any atom is -0.341 e. The molecule has 0 unspecified atom stereocenters.